The summed E-state index contributed by atoms with van der Waals surface area (Å²) in [7, 11) is 0. The quantitative estimate of drug-likeness (QED) is 0.299. The largest absolute Gasteiger partial charge is 0.490 e. The van der Waals surface area contributed by atoms with Crippen LogP contribution in [-0.4, -0.2) is 6.61 Å². The second-order valence-corrected chi connectivity index (χ2v) is 7.06. The summed E-state index contributed by atoms with van der Waals surface area (Å²) in [6.45, 7) is 2.66. The van der Waals surface area contributed by atoms with E-state index in [-0.39, 0.29) is 12.4 Å². The first-order chi connectivity index (χ1) is 14.1. The molecule has 146 valence electrons. The van der Waals surface area contributed by atoms with Crippen LogP contribution in [0.15, 0.2) is 71.2 Å². The van der Waals surface area contributed by atoms with Gasteiger partial charge in [0.05, 0.1) is 18.2 Å². The monoisotopic (exact) mass is 451 g/mol. The lowest BCUT2D eigenvalue weighted by atomic mass is 10.0. The Morgan fingerprint density at radius 2 is 1.72 bits per heavy atom. The summed E-state index contributed by atoms with van der Waals surface area (Å²) in [5, 5.41) is 9.57. The highest BCUT2D eigenvalue weighted by atomic mass is 79.9. The fraction of sp³-hybridized carbons (Fsp3) is 0.125. The molecule has 5 heteroatoms. The minimum absolute atomic E-state index is 0.283. The van der Waals surface area contributed by atoms with Crippen LogP contribution >= 0.6 is 15.9 Å². The third kappa shape index (κ3) is 5.46. The molecule has 0 aliphatic rings. The van der Waals surface area contributed by atoms with Crippen molar-refractivity contribution < 1.29 is 13.9 Å². The van der Waals surface area contributed by atoms with Gasteiger partial charge in [-0.1, -0.05) is 58.4 Å². The normalized spacial score (nSPS) is 11.0. The zero-order valence-corrected chi connectivity index (χ0v) is 17.4. The molecule has 0 aliphatic carbocycles. The van der Waals surface area contributed by atoms with Crippen molar-refractivity contribution in [3.63, 3.8) is 0 Å². The molecule has 0 saturated carbocycles. The molecule has 0 fully saturated rings. The third-order valence-corrected chi connectivity index (χ3v) is 4.86. The maximum Gasteiger partial charge on any atom is 0.162 e. The molecule has 3 aromatic carbocycles. The Morgan fingerprint density at radius 3 is 2.38 bits per heavy atom. The fourth-order valence-corrected chi connectivity index (χ4v) is 3.17. The van der Waals surface area contributed by atoms with Gasteiger partial charge in [0.1, 0.15) is 12.4 Å². The van der Waals surface area contributed by atoms with Crippen LogP contribution in [0.5, 0.6) is 11.5 Å². The van der Waals surface area contributed by atoms with Crippen LogP contribution in [0, 0.1) is 17.1 Å². The van der Waals surface area contributed by atoms with Crippen LogP contribution in [0.3, 0.4) is 0 Å². The van der Waals surface area contributed by atoms with E-state index >= 15 is 0 Å². The summed E-state index contributed by atoms with van der Waals surface area (Å²) in [5.74, 6) is 0.863. The minimum Gasteiger partial charge on any atom is -0.490 e. The fourth-order valence-electron chi connectivity index (χ4n) is 2.74. The lowest BCUT2D eigenvalue weighted by molar-refractivity contribution is 0.269. The maximum absolute atomic E-state index is 13.1. The predicted molar refractivity (Wildman–Crippen MR) is 116 cm³/mol. The van der Waals surface area contributed by atoms with Crippen molar-refractivity contribution in [3.8, 4) is 17.6 Å². The topological polar surface area (TPSA) is 42.2 Å². The number of halogens is 2. The molecule has 29 heavy (non-hydrogen) atoms. The molecular formula is C24H19BrFNO2. The van der Waals surface area contributed by atoms with Crippen molar-refractivity contribution in [3.05, 3.63) is 93.7 Å². The van der Waals surface area contributed by atoms with E-state index in [2.05, 4.69) is 22.0 Å². The van der Waals surface area contributed by atoms with Crippen molar-refractivity contribution in [2.75, 3.05) is 6.61 Å². The van der Waals surface area contributed by atoms with Crippen LogP contribution in [-0.2, 0) is 6.61 Å². The molecule has 0 unspecified atom stereocenters. The van der Waals surface area contributed by atoms with Crippen LogP contribution < -0.4 is 9.47 Å². The number of allylic oxidation sites excluding steroid dienone is 1. The van der Waals surface area contributed by atoms with E-state index in [1.54, 1.807) is 12.1 Å². The Labute approximate surface area is 178 Å². The van der Waals surface area contributed by atoms with E-state index in [0.29, 0.717) is 23.7 Å². The first kappa shape index (κ1) is 20.6. The Balaban J connectivity index is 1.90. The van der Waals surface area contributed by atoms with Crippen LogP contribution in [0.25, 0.3) is 11.6 Å². The lowest BCUT2D eigenvalue weighted by Crippen LogP contribution is -2.00. The van der Waals surface area contributed by atoms with Crippen LogP contribution in [0.4, 0.5) is 4.39 Å². The molecule has 0 radical (unpaired) electrons. The summed E-state index contributed by atoms with van der Waals surface area (Å²) in [6.07, 6.45) is 1.81. The lowest BCUT2D eigenvalue weighted by Gasteiger charge is -2.14. The van der Waals surface area contributed by atoms with Gasteiger partial charge in [0.2, 0.25) is 0 Å². The van der Waals surface area contributed by atoms with E-state index in [9.17, 15) is 9.65 Å². The van der Waals surface area contributed by atoms with E-state index in [0.717, 1.165) is 21.2 Å². The third-order valence-electron chi connectivity index (χ3n) is 4.18. The molecule has 0 amide bonds. The Kier molecular flexibility index (Phi) is 7.04. The second-order valence-electron chi connectivity index (χ2n) is 6.20. The van der Waals surface area contributed by atoms with Gasteiger partial charge in [0.15, 0.2) is 11.5 Å². The van der Waals surface area contributed by atoms with Gasteiger partial charge in [-0.3, -0.25) is 0 Å². The molecule has 3 rings (SSSR count). The molecule has 0 N–H and O–H groups in total. The highest BCUT2D eigenvalue weighted by Crippen LogP contribution is 2.36. The number of hydrogen-bond acceptors (Lipinski definition) is 3. The number of nitrogens with zero attached hydrogens (tertiary/aromatic N) is 1. The van der Waals surface area contributed by atoms with Crippen molar-refractivity contribution in [2.24, 2.45) is 0 Å². The number of hydrogen-bond donors (Lipinski definition) is 0. The van der Waals surface area contributed by atoms with Crippen molar-refractivity contribution >= 4 is 27.6 Å². The molecule has 0 aliphatic heterocycles. The first-order valence-corrected chi connectivity index (χ1v) is 9.90. The molecule has 0 spiro atoms. The number of nitriles is 1. The van der Waals surface area contributed by atoms with E-state index in [1.807, 2.05) is 55.5 Å². The molecule has 3 aromatic rings. The highest BCUT2D eigenvalue weighted by molar-refractivity contribution is 9.10. The predicted octanol–water partition coefficient (Wildman–Crippen LogP) is 6.63. The van der Waals surface area contributed by atoms with Gasteiger partial charge in [0, 0.05) is 4.47 Å². The van der Waals surface area contributed by atoms with Gasteiger partial charge in [-0.15, -0.1) is 0 Å². The summed E-state index contributed by atoms with van der Waals surface area (Å²) in [6, 6.07) is 21.6. The number of rotatable bonds is 7. The standard InChI is InChI=1S/C24H19BrFNO2/c1-2-28-23-13-19(12-20(15-27)18-6-4-3-5-7-18)22(25)14-24(23)29-16-17-8-10-21(26)11-9-17/h3-14H,2,16H2,1H3/b20-12+. The smallest absolute Gasteiger partial charge is 0.162 e. The van der Waals surface area contributed by atoms with E-state index < -0.39 is 0 Å². The SMILES string of the molecule is CCOc1cc(/C=C(\C#N)c2ccccc2)c(Br)cc1OCc1ccc(F)cc1. The van der Waals surface area contributed by atoms with Gasteiger partial charge in [0.25, 0.3) is 0 Å². The van der Waals surface area contributed by atoms with Gasteiger partial charge in [-0.2, -0.15) is 5.26 Å². The average molecular weight is 452 g/mol. The molecular weight excluding hydrogens is 433 g/mol. The molecule has 0 saturated heterocycles. The summed E-state index contributed by atoms with van der Waals surface area (Å²) < 4.78 is 25.5. The van der Waals surface area contributed by atoms with Gasteiger partial charge >= 0.3 is 0 Å². The minimum atomic E-state index is -0.283. The molecule has 3 nitrogen and oxygen atoms in total. The van der Waals surface area contributed by atoms with Gasteiger partial charge in [-0.25, -0.2) is 4.39 Å². The van der Waals surface area contributed by atoms with Crippen molar-refractivity contribution in [1.82, 2.24) is 0 Å². The Bertz CT molecular complexity index is 1040. The zero-order valence-electron chi connectivity index (χ0n) is 15.9. The molecule has 0 aromatic heterocycles. The zero-order chi connectivity index (χ0) is 20.6. The number of ether oxygens (including phenoxy) is 2. The molecule has 0 bridgehead atoms. The summed E-state index contributed by atoms with van der Waals surface area (Å²) in [4.78, 5) is 0. The average Bonchev–Trinajstić information content (AvgIpc) is 2.74. The molecule has 0 heterocycles. The summed E-state index contributed by atoms with van der Waals surface area (Å²) in [5.41, 5.74) is 3.05. The van der Waals surface area contributed by atoms with E-state index in [1.165, 1.54) is 12.1 Å². The Morgan fingerprint density at radius 1 is 1.03 bits per heavy atom. The van der Waals surface area contributed by atoms with E-state index in [4.69, 9.17) is 9.47 Å². The van der Waals surface area contributed by atoms with Crippen molar-refractivity contribution in [2.45, 2.75) is 13.5 Å². The molecule has 0 atom stereocenters. The van der Waals surface area contributed by atoms with Gasteiger partial charge in [-0.05, 0) is 54.0 Å². The maximum atomic E-state index is 13.1. The van der Waals surface area contributed by atoms with Crippen LogP contribution in [0.2, 0.25) is 0 Å². The van der Waals surface area contributed by atoms with Gasteiger partial charge < -0.3 is 9.47 Å². The highest BCUT2D eigenvalue weighted by Gasteiger charge is 2.12. The first-order valence-electron chi connectivity index (χ1n) is 9.11. The van der Waals surface area contributed by atoms with Crippen molar-refractivity contribution in [1.29, 1.82) is 5.26 Å². The Hall–Kier alpha value is -3.10. The second kappa shape index (κ2) is 9.90. The number of benzene rings is 3. The van der Waals surface area contributed by atoms with Crippen LogP contribution in [0.1, 0.15) is 23.6 Å². The summed E-state index contributed by atoms with van der Waals surface area (Å²) >= 11 is 3.56.